The molecule has 21 heavy (non-hydrogen) atoms. The second-order valence-electron chi connectivity index (χ2n) is 4.64. The van der Waals surface area contributed by atoms with Crippen molar-refractivity contribution in [1.82, 2.24) is 15.0 Å². The van der Waals surface area contributed by atoms with Crippen molar-refractivity contribution in [2.75, 3.05) is 6.54 Å². The van der Waals surface area contributed by atoms with Gasteiger partial charge >= 0.3 is 0 Å². The van der Waals surface area contributed by atoms with E-state index in [0.29, 0.717) is 11.4 Å². The van der Waals surface area contributed by atoms with Gasteiger partial charge in [0.15, 0.2) is 0 Å². The maximum atomic E-state index is 12.5. The molecule has 114 valence electrons. The van der Waals surface area contributed by atoms with Crippen molar-refractivity contribution in [2.24, 2.45) is 0 Å². The van der Waals surface area contributed by atoms with E-state index in [2.05, 4.69) is 15.0 Å². The first kappa shape index (κ1) is 16.1. The van der Waals surface area contributed by atoms with Gasteiger partial charge in [0.05, 0.1) is 0 Å². The maximum absolute atomic E-state index is 12.5. The fourth-order valence-corrected chi connectivity index (χ4v) is 4.76. The number of sulfonamides is 1. The predicted molar refractivity (Wildman–Crippen MR) is 84.7 cm³/mol. The van der Waals surface area contributed by atoms with E-state index >= 15 is 0 Å². The monoisotopic (exact) mass is 325 g/mol. The van der Waals surface area contributed by atoms with Gasteiger partial charge in [0, 0.05) is 30.4 Å². The molecule has 0 saturated carbocycles. The number of thiophene rings is 1. The normalized spacial score (nSPS) is 11.7. The van der Waals surface area contributed by atoms with Gasteiger partial charge in [0.1, 0.15) is 4.90 Å². The molecule has 0 aliphatic heterocycles. The third-order valence-electron chi connectivity index (χ3n) is 2.98. The highest BCUT2D eigenvalue weighted by molar-refractivity contribution is 7.89. The Hall–Kier alpha value is -1.28. The van der Waals surface area contributed by atoms with E-state index in [1.165, 1.54) is 11.3 Å². The summed E-state index contributed by atoms with van der Waals surface area (Å²) < 4.78 is 27.7. The Morgan fingerprint density at radius 1 is 1.33 bits per heavy atom. The fraction of sp³-hybridized carbons (Fsp3) is 0.357. The summed E-state index contributed by atoms with van der Waals surface area (Å²) in [6, 6.07) is 3.63. The number of aryl methyl sites for hydroxylation is 1. The summed E-state index contributed by atoms with van der Waals surface area (Å²) in [4.78, 5) is 5.22. The van der Waals surface area contributed by atoms with Crippen LogP contribution in [-0.2, 0) is 23.1 Å². The molecule has 0 fully saturated rings. The first-order valence-electron chi connectivity index (χ1n) is 6.71. The number of pyridine rings is 1. The van der Waals surface area contributed by atoms with E-state index in [1.54, 1.807) is 18.5 Å². The molecule has 2 aromatic heterocycles. The largest absolute Gasteiger partial charge is 0.312 e. The topological polar surface area (TPSA) is 71.1 Å². The first-order chi connectivity index (χ1) is 10.0. The minimum Gasteiger partial charge on any atom is -0.312 e. The molecular weight excluding hydrogens is 306 g/mol. The quantitative estimate of drug-likeness (QED) is 0.817. The van der Waals surface area contributed by atoms with Crippen molar-refractivity contribution in [3.8, 4) is 0 Å². The van der Waals surface area contributed by atoms with Gasteiger partial charge in [-0.1, -0.05) is 13.0 Å². The number of hydrogen-bond donors (Lipinski definition) is 2. The van der Waals surface area contributed by atoms with Crippen LogP contribution in [-0.4, -0.2) is 19.9 Å². The Kier molecular flexibility index (Phi) is 5.46. The van der Waals surface area contributed by atoms with Crippen molar-refractivity contribution in [1.29, 1.82) is 0 Å². The zero-order valence-electron chi connectivity index (χ0n) is 12.1. The maximum Gasteiger partial charge on any atom is 0.242 e. The van der Waals surface area contributed by atoms with E-state index in [0.717, 1.165) is 22.5 Å². The Morgan fingerprint density at radius 2 is 2.14 bits per heavy atom. The molecule has 0 unspecified atom stereocenters. The van der Waals surface area contributed by atoms with Crippen LogP contribution in [0.2, 0.25) is 0 Å². The van der Waals surface area contributed by atoms with Crippen LogP contribution in [0.4, 0.5) is 0 Å². The van der Waals surface area contributed by atoms with Gasteiger partial charge in [0.25, 0.3) is 0 Å². The summed E-state index contributed by atoms with van der Waals surface area (Å²) in [7, 11) is -3.51. The van der Waals surface area contributed by atoms with Gasteiger partial charge in [-0.2, -0.15) is 0 Å². The molecule has 0 aliphatic carbocycles. The van der Waals surface area contributed by atoms with E-state index in [4.69, 9.17) is 0 Å². The Balaban J connectivity index is 2.17. The second kappa shape index (κ2) is 7.13. The summed E-state index contributed by atoms with van der Waals surface area (Å²) in [5.41, 5.74) is 1.62. The average Bonchev–Trinajstić information content (AvgIpc) is 2.86. The molecule has 2 heterocycles. The van der Waals surface area contributed by atoms with Crippen LogP contribution in [0.1, 0.15) is 22.9 Å². The van der Waals surface area contributed by atoms with Crippen molar-refractivity contribution in [3.05, 3.63) is 45.9 Å². The van der Waals surface area contributed by atoms with Crippen LogP contribution in [0.25, 0.3) is 0 Å². The lowest BCUT2D eigenvalue weighted by atomic mass is 10.3. The van der Waals surface area contributed by atoms with E-state index in [9.17, 15) is 8.42 Å². The van der Waals surface area contributed by atoms with Crippen molar-refractivity contribution in [2.45, 2.75) is 31.8 Å². The van der Waals surface area contributed by atoms with Gasteiger partial charge in [-0.25, -0.2) is 13.1 Å². The highest BCUT2D eigenvalue weighted by Crippen LogP contribution is 2.26. The van der Waals surface area contributed by atoms with Gasteiger partial charge in [-0.3, -0.25) is 4.98 Å². The Labute approximate surface area is 129 Å². The lowest BCUT2D eigenvalue weighted by molar-refractivity contribution is 0.579. The molecule has 2 N–H and O–H groups in total. The van der Waals surface area contributed by atoms with Crippen molar-refractivity contribution >= 4 is 21.4 Å². The van der Waals surface area contributed by atoms with Gasteiger partial charge in [-0.05, 0) is 36.0 Å². The van der Waals surface area contributed by atoms with Crippen molar-refractivity contribution in [3.63, 3.8) is 0 Å². The lowest BCUT2D eigenvalue weighted by Crippen LogP contribution is -2.25. The number of rotatable bonds is 7. The molecule has 5 nitrogen and oxygen atoms in total. The number of hydrogen-bond acceptors (Lipinski definition) is 5. The van der Waals surface area contributed by atoms with Crippen LogP contribution in [0, 0.1) is 6.92 Å². The standard InChI is InChI=1S/C14H19N3O2S2/c1-3-15-9-13-14(11(2)10-20-13)21(18,19)17-8-12-5-4-6-16-7-12/h4-7,10,15,17H,3,8-9H2,1-2H3. The highest BCUT2D eigenvalue weighted by Gasteiger charge is 2.22. The minimum atomic E-state index is -3.51. The first-order valence-corrected chi connectivity index (χ1v) is 9.07. The van der Waals surface area contributed by atoms with Crippen molar-refractivity contribution < 1.29 is 8.42 Å². The molecule has 0 saturated heterocycles. The third kappa shape index (κ3) is 4.10. The summed E-state index contributed by atoms with van der Waals surface area (Å²) >= 11 is 1.47. The molecule has 0 radical (unpaired) electrons. The highest BCUT2D eigenvalue weighted by atomic mass is 32.2. The Bertz CT molecular complexity index is 681. The summed E-state index contributed by atoms with van der Waals surface area (Å²) in [5.74, 6) is 0. The van der Waals surface area contributed by atoms with E-state index in [1.807, 2.05) is 25.3 Å². The third-order valence-corrected chi connectivity index (χ3v) is 5.85. The van der Waals surface area contributed by atoms with Crippen LogP contribution in [0.3, 0.4) is 0 Å². The average molecular weight is 325 g/mol. The van der Waals surface area contributed by atoms with Gasteiger partial charge in [-0.15, -0.1) is 11.3 Å². The van der Waals surface area contributed by atoms with E-state index < -0.39 is 10.0 Å². The molecule has 0 bridgehead atoms. The van der Waals surface area contributed by atoms with Gasteiger partial charge in [0.2, 0.25) is 10.0 Å². The van der Waals surface area contributed by atoms with Gasteiger partial charge < -0.3 is 5.32 Å². The van der Waals surface area contributed by atoms with E-state index in [-0.39, 0.29) is 6.54 Å². The SMILES string of the molecule is CCNCc1scc(C)c1S(=O)(=O)NCc1cccnc1. The number of nitrogens with one attached hydrogen (secondary N) is 2. The van der Waals surface area contributed by atoms with Crippen LogP contribution >= 0.6 is 11.3 Å². The van der Waals surface area contributed by atoms with Crippen LogP contribution < -0.4 is 10.0 Å². The fourth-order valence-electron chi connectivity index (χ4n) is 1.96. The summed E-state index contributed by atoms with van der Waals surface area (Å²) in [6.45, 7) is 5.43. The molecule has 2 rings (SSSR count). The molecule has 0 aliphatic rings. The predicted octanol–water partition coefficient (Wildman–Crippen LogP) is 2.04. The molecule has 0 atom stereocenters. The smallest absolute Gasteiger partial charge is 0.242 e. The second-order valence-corrected chi connectivity index (χ2v) is 7.31. The number of nitrogens with zero attached hydrogens (tertiary/aromatic N) is 1. The molecule has 2 aromatic rings. The zero-order valence-corrected chi connectivity index (χ0v) is 13.7. The van der Waals surface area contributed by atoms with Crippen LogP contribution in [0.5, 0.6) is 0 Å². The number of aromatic nitrogens is 1. The molecule has 0 spiro atoms. The minimum absolute atomic E-state index is 0.242. The zero-order chi connectivity index (χ0) is 15.3. The molecule has 7 heteroatoms. The van der Waals surface area contributed by atoms with Crippen LogP contribution in [0.15, 0.2) is 34.8 Å². The summed E-state index contributed by atoms with van der Waals surface area (Å²) in [6.07, 6.45) is 3.32. The summed E-state index contributed by atoms with van der Waals surface area (Å²) in [5, 5.41) is 5.05. The Morgan fingerprint density at radius 3 is 2.81 bits per heavy atom. The molecule has 0 aromatic carbocycles. The molecule has 0 amide bonds. The lowest BCUT2D eigenvalue weighted by Gasteiger charge is -2.09. The molecular formula is C14H19N3O2S2.